The normalized spacial score (nSPS) is 19.2. The zero-order valence-corrected chi connectivity index (χ0v) is 18.9. The minimum absolute atomic E-state index is 0.112. The summed E-state index contributed by atoms with van der Waals surface area (Å²) in [7, 11) is 2.77. The molecule has 1 aliphatic heterocycles. The van der Waals surface area contributed by atoms with Crippen molar-refractivity contribution in [3.05, 3.63) is 24.0 Å². The first kappa shape index (κ1) is 21.3. The van der Waals surface area contributed by atoms with E-state index in [0.717, 1.165) is 42.9 Å². The number of nitrogens with zero attached hydrogens (tertiary/aromatic N) is 4. The molecule has 0 spiro atoms. The van der Waals surface area contributed by atoms with Crippen molar-refractivity contribution in [2.24, 2.45) is 5.41 Å². The fourth-order valence-corrected chi connectivity index (χ4v) is 5.62. The summed E-state index contributed by atoms with van der Waals surface area (Å²) < 4.78 is 28.4. The molecule has 3 rings (SSSR count). The maximum Gasteiger partial charge on any atom is 0.182 e. The molecule has 6 nitrogen and oxygen atoms in total. The van der Waals surface area contributed by atoms with Gasteiger partial charge in [0.2, 0.25) is 0 Å². The van der Waals surface area contributed by atoms with E-state index in [2.05, 4.69) is 49.2 Å². The third-order valence-corrected chi connectivity index (χ3v) is 7.55. The van der Waals surface area contributed by atoms with Gasteiger partial charge in [-0.3, -0.25) is 0 Å². The van der Waals surface area contributed by atoms with Crippen LogP contribution in [0.3, 0.4) is 0 Å². The highest BCUT2D eigenvalue weighted by molar-refractivity contribution is 7.92. The molecule has 0 radical (unpaired) electrons. The van der Waals surface area contributed by atoms with Gasteiger partial charge < -0.3 is 14.4 Å². The fourth-order valence-electron chi connectivity index (χ4n) is 3.84. The molecule has 1 fully saturated rings. The Hall–Kier alpha value is -1.44. The molecular weight excluding hydrogens is 372 g/mol. The number of fused-ring (bicyclic) bond motifs is 1. The molecule has 1 aromatic heterocycles. The minimum atomic E-state index is -3.33. The second-order valence-electron chi connectivity index (χ2n) is 9.59. The molecule has 1 unspecified atom stereocenters. The molecule has 2 aromatic rings. The Labute approximate surface area is 169 Å². The molecule has 1 atom stereocenters. The van der Waals surface area contributed by atoms with Crippen LogP contribution >= 0.6 is 0 Å². The number of imidazole rings is 1. The van der Waals surface area contributed by atoms with Crippen LogP contribution < -0.4 is 0 Å². The van der Waals surface area contributed by atoms with Crippen LogP contribution in [-0.4, -0.2) is 73.8 Å². The van der Waals surface area contributed by atoms with Gasteiger partial charge in [0.1, 0.15) is 5.82 Å². The van der Waals surface area contributed by atoms with Crippen LogP contribution in [0.25, 0.3) is 11.0 Å². The lowest BCUT2D eigenvalue weighted by molar-refractivity contribution is 0.365. The van der Waals surface area contributed by atoms with E-state index < -0.39 is 9.84 Å². The molecule has 0 amide bonds. The van der Waals surface area contributed by atoms with Gasteiger partial charge in [-0.25, -0.2) is 13.4 Å². The standard InChI is InChI=1S/C21H34N4O2S/c1-21(2,3)14-20-22-18-13-16(28(26,27)17-9-10-24(6)15-17)7-8-19(18)25(20)12-11-23(4)5/h7-8,13,17H,9-12,14-15H2,1-6H3. The second-order valence-corrected chi connectivity index (χ2v) is 11.8. The zero-order chi connectivity index (χ0) is 20.7. The highest BCUT2D eigenvalue weighted by Crippen LogP contribution is 2.28. The largest absolute Gasteiger partial charge is 0.327 e. The minimum Gasteiger partial charge on any atom is -0.327 e. The van der Waals surface area contributed by atoms with E-state index in [1.54, 1.807) is 12.1 Å². The highest BCUT2D eigenvalue weighted by atomic mass is 32.2. The molecule has 2 heterocycles. The average Bonchev–Trinajstić information content (AvgIpc) is 3.14. The lowest BCUT2D eigenvalue weighted by Gasteiger charge is -2.19. The summed E-state index contributed by atoms with van der Waals surface area (Å²) in [6.45, 7) is 9.80. The lowest BCUT2D eigenvalue weighted by atomic mass is 9.92. The van der Waals surface area contributed by atoms with E-state index in [0.29, 0.717) is 17.9 Å². The maximum atomic E-state index is 13.1. The van der Waals surface area contributed by atoms with Gasteiger partial charge in [-0.2, -0.15) is 0 Å². The molecule has 1 saturated heterocycles. The zero-order valence-electron chi connectivity index (χ0n) is 18.1. The van der Waals surface area contributed by atoms with E-state index in [4.69, 9.17) is 4.98 Å². The van der Waals surface area contributed by atoms with Gasteiger partial charge in [0.25, 0.3) is 0 Å². The number of likely N-dealkylation sites (N-methyl/N-ethyl adjacent to an activating group) is 1. The van der Waals surface area contributed by atoms with Gasteiger partial charge >= 0.3 is 0 Å². The summed E-state index contributed by atoms with van der Waals surface area (Å²) in [6.07, 6.45) is 1.55. The van der Waals surface area contributed by atoms with E-state index in [1.165, 1.54) is 0 Å². The Morgan fingerprint density at radius 1 is 1.25 bits per heavy atom. The molecule has 0 N–H and O–H groups in total. The molecule has 156 valence electrons. The highest BCUT2D eigenvalue weighted by Gasteiger charge is 2.33. The van der Waals surface area contributed by atoms with Gasteiger partial charge in [-0.05, 0) is 57.7 Å². The number of hydrogen-bond acceptors (Lipinski definition) is 5. The lowest BCUT2D eigenvalue weighted by Crippen LogP contribution is -2.25. The first-order valence-corrected chi connectivity index (χ1v) is 11.6. The van der Waals surface area contributed by atoms with Gasteiger partial charge in [-0.15, -0.1) is 0 Å². The molecule has 1 aromatic carbocycles. The molecule has 1 aliphatic rings. The Bertz CT molecular complexity index is 941. The summed E-state index contributed by atoms with van der Waals surface area (Å²) in [5.74, 6) is 1.03. The van der Waals surface area contributed by atoms with E-state index in [-0.39, 0.29) is 10.7 Å². The maximum absolute atomic E-state index is 13.1. The summed E-state index contributed by atoms with van der Waals surface area (Å²) in [6, 6.07) is 5.49. The fraction of sp³-hybridized carbons (Fsp3) is 0.667. The quantitative estimate of drug-likeness (QED) is 0.738. The predicted octanol–water partition coefficient (Wildman–Crippen LogP) is 2.66. The Balaban J connectivity index is 2.01. The van der Waals surface area contributed by atoms with E-state index >= 15 is 0 Å². The SMILES string of the molecule is CN(C)CCn1c(CC(C)(C)C)nc2cc(S(=O)(=O)C3CCN(C)C3)ccc21. The topological polar surface area (TPSA) is 58.4 Å². The molecule has 0 aliphatic carbocycles. The van der Waals surface area contributed by atoms with E-state index in [1.807, 2.05) is 13.1 Å². The van der Waals surface area contributed by atoms with Crippen molar-refractivity contribution in [3.63, 3.8) is 0 Å². The van der Waals surface area contributed by atoms with Crippen LogP contribution in [-0.2, 0) is 22.8 Å². The van der Waals surface area contributed by atoms with Crippen LogP contribution in [0, 0.1) is 5.41 Å². The van der Waals surface area contributed by atoms with Crippen molar-refractivity contribution in [2.45, 2.75) is 50.3 Å². The van der Waals surface area contributed by atoms with Crippen LogP contribution in [0.5, 0.6) is 0 Å². The first-order valence-electron chi connectivity index (χ1n) is 10.0. The second kappa shape index (κ2) is 7.76. The van der Waals surface area contributed by atoms with E-state index in [9.17, 15) is 8.42 Å². The number of rotatable bonds is 6. The summed E-state index contributed by atoms with van der Waals surface area (Å²) >= 11 is 0. The number of aromatic nitrogens is 2. The monoisotopic (exact) mass is 406 g/mol. The van der Waals surface area contributed by atoms with Crippen LogP contribution in [0.1, 0.15) is 33.0 Å². The van der Waals surface area contributed by atoms with Gasteiger partial charge in [0.05, 0.1) is 21.2 Å². The summed E-state index contributed by atoms with van der Waals surface area (Å²) in [4.78, 5) is 9.50. The van der Waals surface area contributed by atoms with Crippen molar-refractivity contribution < 1.29 is 8.42 Å². The van der Waals surface area contributed by atoms with Gasteiger partial charge in [0, 0.05) is 26.1 Å². The Morgan fingerprint density at radius 3 is 2.54 bits per heavy atom. The number of sulfone groups is 1. The Morgan fingerprint density at radius 2 is 1.96 bits per heavy atom. The summed E-state index contributed by atoms with van der Waals surface area (Å²) in [5, 5.41) is -0.320. The smallest absolute Gasteiger partial charge is 0.182 e. The van der Waals surface area contributed by atoms with Gasteiger partial charge in [0.15, 0.2) is 9.84 Å². The van der Waals surface area contributed by atoms with Crippen LogP contribution in [0.2, 0.25) is 0 Å². The predicted molar refractivity (Wildman–Crippen MR) is 115 cm³/mol. The number of likely N-dealkylation sites (tertiary alicyclic amines) is 1. The van der Waals surface area contributed by atoms with Crippen molar-refractivity contribution in [2.75, 3.05) is 40.8 Å². The average molecular weight is 407 g/mol. The summed E-state index contributed by atoms with van der Waals surface area (Å²) in [5.41, 5.74) is 1.91. The molecule has 7 heteroatoms. The first-order chi connectivity index (χ1) is 13.0. The molecule has 0 bridgehead atoms. The van der Waals surface area contributed by atoms with Crippen molar-refractivity contribution in [1.29, 1.82) is 0 Å². The van der Waals surface area contributed by atoms with Gasteiger partial charge in [-0.1, -0.05) is 20.8 Å². The molecule has 28 heavy (non-hydrogen) atoms. The van der Waals surface area contributed by atoms with Crippen molar-refractivity contribution in [1.82, 2.24) is 19.4 Å². The number of hydrogen-bond donors (Lipinski definition) is 0. The number of benzene rings is 1. The van der Waals surface area contributed by atoms with Crippen LogP contribution in [0.4, 0.5) is 0 Å². The Kier molecular flexibility index (Phi) is 5.90. The van der Waals surface area contributed by atoms with Crippen molar-refractivity contribution in [3.8, 4) is 0 Å². The third kappa shape index (κ3) is 4.58. The molecule has 0 saturated carbocycles. The third-order valence-electron chi connectivity index (χ3n) is 5.37. The van der Waals surface area contributed by atoms with Crippen LogP contribution in [0.15, 0.2) is 23.1 Å². The van der Waals surface area contributed by atoms with Crippen molar-refractivity contribution >= 4 is 20.9 Å². The molecular formula is C21H34N4O2S.